The second-order valence-electron chi connectivity index (χ2n) is 3.63. The topological polar surface area (TPSA) is 30.7 Å². The summed E-state index contributed by atoms with van der Waals surface area (Å²) in [4.78, 5) is 8.82. The second kappa shape index (κ2) is 4.14. The van der Waals surface area contributed by atoms with Gasteiger partial charge in [-0.05, 0) is 20.3 Å². The van der Waals surface area contributed by atoms with Gasteiger partial charge in [0.25, 0.3) is 0 Å². The molecule has 0 bridgehead atoms. The van der Waals surface area contributed by atoms with Crippen molar-refractivity contribution in [1.29, 1.82) is 0 Å². The number of thiazole rings is 1. The Kier molecular flexibility index (Phi) is 2.86. The highest BCUT2D eigenvalue weighted by Gasteiger charge is 2.05. The van der Waals surface area contributed by atoms with Crippen LogP contribution in [0.1, 0.15) is 29.0 Å². The third kappa shape index (κ3) is 2.09. The van der Waals surface area contributed by atoms with E-state index in [4.69, 9.17) is 0 Å². The third-order valence-electron chi connectivity index (χ3n) is 2.58. The number of nitrogens with zero attached hydrogens (tertiary/aromatic N) is 3. The summed E-state index contributed by atoms with van der Waals surface area (Å²) in [6, 6.07) is 0. The zero-order valence-corrected chi connectivity index (χ0v) is 10.1. The molecule has 0 radical (unpaired) electrons. The van der Waals surface area contributed by atoms with Crippen molar-refractivity contribution in [3.05, 3.63) is 33.8 Å². The first-order valence-corrected chi connectivity index (χ1v) is 6.00. The van der Waals surface area contributed by atoms with E-state index in [2.05, 4.69) is 33.8 Å². The van der Waals surface area contributed by atoms with Gasteiger partial charge in [-0.3, -0.25) is 0 Å². The lowest BCUT2D eigenvalue weighted by Crippen LogP contribution is -2.01. The number of imidazole rings is 1. The van der Waals surface area contributed by atoms with E-state index in [9.17, 15) is 0 Å². The number of hydrogen-bond donors (Lipinski definition) is 0. The van der Waals surface area contributed by atoms with E-state index in [1.54, 1.807) is 11.3 Å². The van der Waals surface area contributed by atoms with Crippen LogP contribution in [0.2, 0.25) is 0 Å². The van der Waals surface area contributed by atoms with E-state index in [1.807, 2.05) is 13.3 Å². The number of aromatic nitrogens is 3. The summed E-state index contributed by atoms with van der Waals surface area (Å²) in [5.41, 5.74) is 3.46. The van der Waals surface area contributed by atoms with Gasteiger partial charge < -0.3 is 4.57 Å². The maximum Gasteiger partial charge on any atom is 0.0955 e. The van der Waals surface area contributed by atoms with Gasteiger partial charge in [0.1, 0.15) is 0 Å². The fraction of sp³-hybridized carbons (Fsp3) is 0.455. The molecule has 0 N–H and O–H groups in total. The first-order chi connectivity index (χ1) is 7.20. The minimum absolute atomic E-state index is 0.836. The molecule has 0 unspecified atom stereocenters. The van der Waals surface area contributed by atoms with E-state index >= 15 is 0 Å². The first kappa shape index (κ1) is 10.4. The first-order valence-electron chi connectivity index (χ1n) is 5.12. The van der Waals surface area contributed by atoms with Crippen molar-refractivity contribution < 1.29 is 0 Å². The highest BCUT2D eigenvalue weighted by molar-refractivity contribution is 7.09. The smallest absolute Gasteiger partial charge is 0.0955 e. The molecule has 2 heterocycles. The molecule has 0 aliphatic carbocycles. The molecule has 80 valence electrons. The summed E-state index contributed by atoms with van der Waals surface area (Å²) in [5.74, 6) is 0. The molecule has 4 heteroatoms. The lowest BCUT2D eigenvalue weighted by molar-refractivity contribution is 0.749. The van der Waals surface area contributed by atoms with Crippen LogP contribution < -0.4 is 0 Å². The predicted octanol–water partition coefficient (Wildman–Crippen LogP) is 2.57. The standard InChI is InChI=1S/C11H15N3S/c1-4-11-13-10(6-15-11)5-14-7-12-8(2)9(14)3/h6-7H,4-5H2,1-3H3. The van der Waals surface area contributed by atoms with E-state index in [1.165, 1.54) is 10.7 Å². The molecule has 0 spiro atoms. The van der Waals surface area contributed by atoms with Crippen molar-refractivity contribution in [2.75, 3.05) is 0 Å². The van der Waals surface area contributed by atoms with Crippen LogP contribution >= 0.6 is 11.3 Å². The van der Waals surface area contributed by atoms with Crippen molar-refractivity contribution in [1.82, 2.24) is 14.5 Å². The van der Waals surface area contributed by atoms with Crippen molar-refractivity contribution >= 4 is 11.3 Å². The molecular formula is C11H15N3S. The largest absolute Gasteiger partial charge is 0.329 e. The van der Waals surface area contributed by atoms with Crippen LogP contribution in [-0.2, 0) is 13.0 Å². The summed E-state index contributed by atoms with van der Waals surface area (Å²) in [6.45, 7) is 7.10. The molecule has 2 aromatic heterocycles. The lowest BCUT2D eigenvalue weighted by atomic mass is 10.3. The van der Waals surface area contributed by atoms with Gasteiger partial charge in [0.05, 0.1) is 29.3 Å². The van der Waals surface area contributed by atoms with Gasteiger partial charge >= 0.3 is 0 Å². The van der Waals surface area contributed by atoms with Crippen LogP contribution in [-0.4, -0.2) is 14.5 Å². The molecule has 0 atom stereocenters. The average molecular weight is 221 g/mol. The molecule has 0 fully saturated rings. The summed E-state index contributed by atoms with van der Waals surface area (Å²) in [6.07, 6.45) is 2.90. The zero-order chi connectivity index (χ0) is 10.8. The van der Waals surface area contributed by atoms with E-state index in [-0.39, 0.29) is 0 Å². The Labute approximate surface area is 93.8 Å². The molecule has 0 aliphatic heterocycles. The monoisotopic (exact) mass is 221 g/mol. The molecule has 0 aromatic carbocycles. The molecule has 15 heavy (non-hydrogen) atoms. The minimum Gasteiger partial charge on any atom is -0.329 e. The van der Waals surface area contributed by atoms with Crippen LogP contribution in [0.5, 0.6) is 0 Å². The second-order valence-corrected chi connectivity index (χ2v) is 4.57. The van der Waals surface area contributed by atoms with Crippen molar-refractivity contribution in [2.24, 2.45) is 0 Å². The third-order valence-corrected chi connectivity index (χ3v) is 3.62. The quantitative estimate of drug-likeness (QED) is 0.797. The van der Waals surface area contributed by atoms with Crippen molar-refractivity contribution in [2.45, 2.75) is 33.7 Å². The Morgan fingerprint density at radius 3 is 2.73 bits per heavy atom. The van der Waals surface area contributed by atoms with E-state index < -0.39 is 0 Å². The number of rotatable bonds is 3. The Balaban J connectivity index is 2.18. The highest BCUT2D eigenvalue weighted by atomic mass is 32.1. The van der Waals surface area contributed by atoms with Crippen molar-refractivity contribution in [3.63, 3.8) is 0 Å². The van der Waals surface area contributed by atoms with Gasteiger partial charge in [-0.1, -0.05) is 6.92 Å². The Morgan fingerprint density at radius 1 is 1.40 bits per heavy atom. The summed E-state index contributed by atoms with van der Waals surface area (Å²) in [5, 5.41) is 3.34. The summed E-state index contributed by atoms with van der Waals surface area (Å²) < 4.78 is 2.14. The molecular weight excluding hydrogens is 206 g/mol. The summed E-state index contributed by atoms with van der Waals surface area (Å²) >= 11 is 1.74. The average Bonchev–Trinajstić information content (AvgIpc) is 2.80. The predicted molar refractivity (Wildman–Crippen MR) is 62.3 cm³/mol. The minimum atomic E-state index is 0.836. The summed E-state index contributed by atoms with van der Waals surface area (Å²) in [7, 11) is 0. The molecule has 0 saturated carbocycles. The highest BCUT2D eigenvalue weighted by Crippen LogP contribution is 2.13. The van der Waals surface area contributed by atoms with E-state index in [0.29, 0.717) is 0 Å². The molecule has 0 amide bonds. The molecule has 0 saturated heterocycles. The Hall–Kier alpha value is -1.16. The van der Waals surface area contributed by atoms with Gasteiger partial charge in [-0.25, -0.2) is 9.97 Å². The maximum atomic E-state index is 4.54. The number of hydrogen-bond acceptors (Lipinski definition) is 3. The normalized spacial score (nSPS) is 10.9. The van der Waals surface area contributed by atoms with Crippen LogP contribution in [0, 0.1) is 13.8 Å². The fourth-order valence-corrected chi connectivity index (χ4v) is 2.20. The number of aryl methyl sites for hydroxylation is 2. The van der Waals surface area contributed by atoms with Crippen LogP contribution in [0.3, 0.4) is 0 Å². The van der Waals surface area contributed by atoms with Crippen LogP contribution in [0.25, 0.3) is 0 Å². The van der Waals surface area contributed by atoms with Gasteiger partial charge in [0.15, 0.2) is 0 Å². The van der Waals surface area contributed by atoms with E-state index in [0.717, 1.165) is 24.4 Å². The van der Waals surface area contributed by atoms with Crippen LogP contribution in [0.15, 0.2) is 11.7 Å². The maximum absolute atomic E-state index is 4.54. The molecule has 3 nitrogen and oxygen atoms in total. The Bertz CT molecular complexity index is 456. The SMILES string of the molecule is CCc1nc(Cn2cnc(C)c2C)cs1. The van der Waals surface area contributed by atoms with Gasteiger partial charge in [-0.2, -0.15) is 0 Å². The molecule has 2 aromatic rings. The van der Waals surface area contributed by atoms with Gasteiger partial charge in [0.2, 0.25) is 0 Å². The van der Waals surface area contributed by atoms with Gasteiger partial charge in [-0.15, -0.1) is 11.3 Å². The molecule has 2 rings (SSSR count). The lowest BCUT2D eigenvalue weighted by Gasteiger charge is -2.01. The molecule has 0 aliphatic rings. The zero-order valence-electron chi connectivity index (χ0n) is 9.32. The fourth-order valence-electron chi connectivity index (χ4n) is 1.46. The van der Waals surface area contributed by atoms with Gasteiger partial charge in [0, 0.05) is 11.1 Å². The van der Waals surface area contributed by atoms with Crippen molar-refractivity contribution in [3.8, 4) is 0 Å². The van der Waals surface area contributed by atoms with Crippen LogP contribution in [0.4, 0.5) is 0 Å². The Morgan fingerprint density at radius 2 is 2.20 bits per heavy atom.